The Morgan fingerprint density at radius 3 is 2.92 bits per heavy atom. The molecule has 1 unspecified atom stereocenters. The number of aliphatic hydroxyl groups excluding tert-OH is 2. The van der Waals surface area contributed by atoms with Crippen molar-refractivity contribution < 1.29 is 33.6 Å². The van der Waals surface area contributed by atoms with Crippen LogP contribution in [0.1, 0.15) is 19.1 Å². The van der Waals surface area contributed by atoms with E-state index in [1.165, 1.54) is 6.33 Å². The molecule has 2 aliphatic heterocycles. The van der Waals surface area contributed by atoms with Crippen LogP contribution in [-0.4, -0.2) is 92.7 Å². The first kappa shape index (κ1) is 27.1. The predicted octanol–water partition coefficient (Wildman–Crippen LogP) is -1.54. The molecule has 0 spiro atoms. The van der Waals surface area contributed by atoms with Gasteiger partial charge in [0.05, 0.1) is 37.4 Å². The summed E-state index contributed by atoms with van der Waals surface area (Å²) in [6.45, 7) is -5.00. The van der Waals surface area contributed by atoms with Gasteiger partial charge in [-0.15, -0.1) is 5.10 Å². The molecule has 2 saturated heterocycles. The highest BCUT2D eigenvalue weighted by Crippen LogP contribution is 2.53. The van der Waals surface area contributed by atoms with Crippen LogP contribution in [0.5, 0.6) is 0 Å². The van der Waals surface area contributed by atoms with Crippen molar-refractivity contribution in [3.63, 3.8) is 0 Å². The predicted molar refractivity (Wildman–Crippen MR) is 140 cm³/mol. The van der Waals surface area contributed by atoms with Crippen LogP contribution < -0.4 is 17.0 Å². The molecular weight excluding hydrogens is 571 g/mol. The summed E-state index contributed by atoms with van der Waals surface area (Å²) in [7, 11) is 0. The molecule has 18 nitrogen and oxygen atoms in total. The maximum atomic E-state index is 12.3. The smallest absolute Gasteiger partial charge is 0.326 e. The van der Waals surface area contributed by atoms with Crippen molar-refractivity contribution in [3.05, 3.63) is 28.9 Å². The van der Waals surface area contributed by atoms with Crippen molar-refractivity contribution in [1.29, 1.82) is 0 Å². The topological polar surface area (TPSA) is 257 Å². The Balaban J connectivity index is 1.21. The van der Waals surface area contributed by atoms with Crippen molar-refractivity contribution in [2.24, 2.45) is 0 Å². The standard InChI is InChI=1S/C20H25N10O8PS/c21-15-10-1-2-29(16(10)24-8-23-15)13-3-11(32)12(37-13)6-36-39(34,40)38-20(4-9(5-31)35-7-20)30-17-14(27-28-30)18(33)26-19(22)25-17/h1-2,8-9,11-13,31-32H,3-7H2,(H,34,40)(H2,21,23,24)(H3,22,25,26,33)/t9-,11-,12+,13+,20-,39?/m0/s1. The molecule has 6 heterocycles. The molecule has 8 N–H and O–H groups in total. The summed E-state index contributed by atoms with van der Waals surface area (Å²) < 4.78 is 26.0. The van der Waals surface area contributed by atoms with Gasteiger partial charge in [0.2, 0.25) is 5.95 Å². The van der Waals surface area contributed by atoms with Gasteiger partial charge >= 0.3 is 6.72 Å². The molecule has 0 amide bonds. The van der Waals surface area contributed by atoms with Gasteiger partial charge in [0, 0.05) is 19.0 Å². The Morgan fingerprint density at radius 2 is 2.15 bits per heavy atom. The van der Waals surface area contributed by atoms with Crippen LogP contribution in [-0.2, 0) is 36.1 Å². The zero-order valence-corrected chi connectivity index (χ0v) is 22.3. The van der Waals surface area contributed by atoms with Crippen LogP contribution >= 0.6 is 6.72 Å². The van der Waals surface area contributed by atoms with Crippen molar-refractivity contribution in [2.75, 3.05) is 31.3 Å². The molecule has 0 radical (unpaired) electrons. The highest BCUT2D eigenvalue weighted by Gasteiger charge is 2.49. The number of hydrogen-bond acceptors (Lipinski definition) is 15. The average Bonchev–Trinajstić information content (AvgIpc) is 3.68. The SMILES string of the molecule is Nc1nc2c(nnn2[C@@]2(OP(O)(=S)OC[C@H]3O[C@@H](n4ccc5c(N)ncnc54)C[C@@H]3O)CO[C@H](CO)C2)c(=O)[nH]1. The number of nitrogens with two attached hydrogens (primary N) is 2. The fourth-order valence-electron chi connectivity index (χ4n) is 4.87. The summed E-state index contributed by atoms with van der Waals surface area (Å²) >= 11 is 5.29. The highest BCUT2D eigenvalue weighted by molar-refractivity contribution is 8.07. The number of nitrogen functional groups attached to an aromatic ring is 2. The van der Waals surface area contributed by atoms with E-state index in [1.54, 1.807) is 16.8 Å². The second-order valence-electron chi connectivity index (χ2n) is 9.40. The van der Waals surface area contributed by atoms with E-state index in [-0.39, 0.29) is 49.8 Å². The number of fused-ring (bicyclic) bond motifs is 2. The van der Waals surface area contributed by atoms with E-state index < -0.39 is 42.5 Å². The second-order valence-corrected chi connectivity index (χ2v) is 12.2. The molecule has 6 rings (SSSR count). The Kier molecular flexibility index (Phi) is 6.80. The van der Waals surface area contributed by atoms with E-state index in [0.717, 1.165) is 4.68 Å². The number of aromatic amines is 1. The van der Waals surface area contributed by atoms with E-state index in [9.17, 15) is 19.9 Å². The molecule has 20 heteroatoms. The van der Waals surface area contributed by atoms with E-state index in [4.69, 9.17) is 41.8 Å². The van der Waals surface area contributed by atoms with Crippen molar-refractivity contribution in [2.45, 2.75) is 43.1 Å². The van der Waals surface area contributed by atoms with Crippen LogP contribution in [0.15, 0.2) is 23.4 Å². The molecule has 214 valence electrons. The lowest BCUT2D eigenvalue weighted by Crippen LogP contribution is -2.39. The van der Waals surface area contributed by atoms with Gasteiger partial charge in [-0.2, -0.15) is 9.67 Å². The molecule has 0 aliphatic carbocycles. The third kappa shape index (κ3) is 4.74. The van der Waals surface area contributed by atoms with Crippen LogP contribution in [0.4, 0.5) is 11.8 Å². The third-order valence-corrected chi connectivity index (χ3v) is 8.34. The maximum absolute atomic E-state index is 12.3. The molecule has 0 saturated carbocycles. The minimum atomic E-state index is -4.09. The summed E-state index contributed by atoms with van der Waals surface area (Å²) in [4.78, 5) is 38.0. The number of ether oxygens (including phenoxy) is 2. The lowest BCUT2D eigenvalue weighted by molar-refractivity contribution is -0.0620. The largest absolute Gasteiger partial charge is 0.394 e. The summed E-state index contributed by atoms with van der Waals surface area (Å²) in [5, 5.41) is 28.8. The van der Waals surface area contributed by atoms with Gasteiger partial charge in [0.1, 0.15) is 30.1 Å². The lowest BCUT2D eigenvalue weighted by atomic mass is 10.1. The van der Waals surface area contributed by atoms with Crippen LogP contribution in [0, 0.1) is 0 Å². The van der Waals surface area contributed by atoms with Gasteiger partial charge in [0.15, 0.2) is 16.9 Å². The maximum Gasteiger partial charge on any atom is 0.326 e. The van der Waals surface area contributed by atoms with E-state index in [1.807, 2.05) is 0 Å². The van der Waals surface area contributed by atoms with Crippen LogP contribution in [0.3, 0.4) is 0 Å². The number of H-pyrrole nitrogens is 1. The summed E-state index contributed by atoms with van der Waals surface area (Å²) in [5.41, 5.74) is 9.71. The first-order valence-corrected chi connectivity index (χ1v) is 14.6. The minimum Gasteiger partial charge on any atom is -0.394 e. The monoisotopic (exact) mass is 596 g/mol. The zero-order chi connectivity index (χ0) is 28.2. The number of hydrogen-bond donors (Lipinski definition) is 6. The molecule has 4 aromatic rings. The normalized spacial score (nSPS) is 28.5. The molecular formula is C20H25N10O8PS. The Morgan fingerprint density at radius 1 is 1.32 bits per heavy atom. The third-order valence-electron chi connectivity index (χ3n) is 6.75. The van der Waals surface area contributed by atoms with Crippen LogP contribution in [0.2, 0.25) is 0 Å². The summed E-state index contributed by atoms with van der Waals surface area (Å²) in [6, 6.07) is 1.75. The van der Waals surface area contributed by atoms with Gasteiger partial charge in [-0.25, -0.2) is 9.97 Å². The second kappa shape index (κ2) is 10.1. The number of nitrogens with zero attached hydrogens (tertiary/aromatic N) is 7. The number of rotatable bonds is 8. The zero-order valence-electron chi connectivity index (χ0n) is 20.6. The first-order valence-electron chi connectivity index (χ1n) is 12.0. The Hall–Kier alpha value is -3.13. The summed E-state index contributed by atoms with van der Waals surface area (Å²) in [6.07, 6.45) is 0.110. The summed E-state index contributed by atoms with van der Waals surface area (Å²) in [5.74, 6) is 0.122. The Bertz CT molecular complexity index is 1680. The van der Waals surface area contributed by atoms with Crippen molar-refractivity contribution >= 4 is 52.5 Å². The number of aliphatic hydroxyl groups is 2. The minimum absolute atomic E-state index is 0.0328. The molecule has 0 bridgehead atoms. The van der Waals surface area contributed by atoms with Gasteiger partial charge in [0.25, 0.3) is 5.56 Å². The molecule has 40 heavy (non-hydrogen) atoms. The molecule has 2 aliphatic rings. The molecule has 6 atom stereocenters. The van der Waals surface area contributed by atoms with Gasteiger partial charge in [-0.05, 0) is 17.9 Å². The van der Waals surface area contributed by atoms with E-state index >= 15 is 0 Å². The van der Waals surface area contributed by atoms with Gasteiger partial charge in [-0.1, -0.05) is 5.21 Å². The molecule has 4 aromatic heterocycles. The first-order chi connectivity index (χ1) is 19.1. The van der Waals surface area contributed by atoms with Crippen molar-refractivity contribution in [3.8, 4) is 0 Å². The number of aromatic nitrogens is 8. The number of anilines is 2. The van der Waals surface area contributed by atoms with Crippen LogP contribution in [0.25, 0.3) is 22.2 Å². The van der Waals surface area contributed by atoms with E-state index in [0.29, 0.717) is 16.9 Å². The fraction of sp³-hybridized carbons (Fsp3) is 0.500. The highest BCUT2D eigenvalue weighted by atomic mass is 32.5. The molecule has 2 fully saturated rings. The quantitative estimate of drug-likeness (QED) is 0.126. The van der Waals surface area contributed by atoms with Gasteiger partial charge in [-0.3, -0.25) is 14.3 Å². The number of nitrogens with one attached hydrogen (secondary N) is 1. The van der Waals surface area contributed by atoms with Gasteiger partial charge < -0.3 is 45.1 Å². The van der Waals surface area contributed by atoms with E-state index in [2.05, 4.69) is 30.2 Å². The van der Waals surface area contributed by atoms with Crippen molar-refractivity contribution in [1.82, 2.24) is 39.5 Å². The molecule has 0 aromatic carbocycles. The Labute approximate surface area is 229 Å². The lowest BCUT2D eigenvalue weighted by Gasteiger charge is -2.31. The average molecular weight is 597 g/mol. The fourth-order valence-corrected chi connectivity index (χ4v) is 6.49.